The SMILES string of the molecule is O=C1C(=Cc2cc([N+](=O)[O-])ccc2N2CCN(CCO)CC2)C(=O)c2ccccc21. The second kappa shape index (κ2) is 8.17. The van der Waals surface area contributed by atoms with Crippen LogP contribution in [0.2, 0.25) is 0 Å². The number of piperazine rings is 1. The third-order valence-corrected chi connectivity index (χ3v) is 5.56. The minimum absolute atomic E-state index is 0.0249. The summed E-state index contributed by atoms with van der Waals surface area (Å²) >= 11 is 0. The van der Waals surface area contributed by atoms with Gasteiger partial charge in [0.2, 0.25) is 0 Å². The zero-order chi connectivity index (χ0) is 21.3. The lowest BCUT2D eigenvalue weighted by molar-refractivity contribution is -0.384. The van der Waals surface area contributed by atoms with Gasteiger partial charge in [0.15, 0.2) is 11.6 Å². The first-order valence-corrected chi connectivity index (χ1v) is 9.76. The van der Waals surface area contributed by atoms with Crippen LogP contribution < -0.4 is 4.90 Å². The molecule has 0 unspecified atom stereocenters. The van der Waals surface area contributed by atoms with E-state index >= 15 is 0 Å². The molecule has 0 aromatic heterocycles. The van der Waals surface area contributed by atoms with Crippen LogP contribution in [0.15, 0.2) is 48.0 Å². The smallest absolute Gasteiger partial charge is 0.270 e. The molecule has 0 saturated carbocycles. The van der Waals surface area contributed by atoms with E-state index in [0.717, 1.165) is 18.8 Å². The van der Waals surface area contributed by atoms with Crippen molar-refractivity contribution < 1.29 is 19.6 Å². The summed E-state index contributed by atoms with van der Waals surface area (Å²) in [6.07, 6.45) is 1.48. The summed E-state index contributed by atoms with van der Waals surface area (Å²) in [5.41, 5.74) is 1.87. The molecule has 1 aliphatic carbocycles. The minimum Gasteiger partial charge on any atom is -0.395 e. The number of nitro benzene ring substituents is 1. The number of nitrogens with zero attached hydrogens (tertiary/aromatic N) is 3. The molecule has 1 aliphatic heterocycles. The quantitative estimate of drug-likeness (QED) is 0.351. The average Bonchev–Trinajstić information content (AvgIpc) is 3.00. The van der Waals surface area contributed by atoms with E-state index in [1.54, 1.807) is 30.3 Å². The molecule has 30 heavy (non-hydrogen) atoms. The Morgan fingerprint density at radius 1 is 1.00 bits per heavy atom. The third-order valence-electron chi connectivity index (χ3n) is 5.56. The van der Waals surface area contributed by atoms with Crippen molar-refractivity contribution in [2.45, 2.75) is 0 Å². The number of Topliss-reactive ketones (excluding diaryl/α,β-unsaturated/α-hetero) is 2. The van der Waals surface area contributed by atoms with Crippen molar-refractivity contribution in [3.8, 4) is 0 Å². The zero-order valence-corrected chi connectivity index (χ0v) is 16.3. The number of aliphatic hydroxyl groups excluding tert-OH is 1. The van der Waals surface area contributed by atoms with Crippen LogP contribution in [-0.4, -0.2) is 65.8 Å². The van der Waals surface area contributed by atoms with Crippen molar-refractivity contribution in [1.82, 2.24) is 4.90 Å². The molecule has 0 spiro atoms. The fourth-order valence-corrected chi connectivity index (χ4v) is 3.97. The van der Waals surface area contributed by atoms with Crippen LogP contribution in [0, 0.1) is 10.1 Å². The average molecular weight is 407 g/mol. The molecule has 1 fully saturated rings. The Kier molecular flexibility index (Phi) is 5.43. The molecule has 0 bridgehead atoms. The van der Waals surface area contributed by atoms with Crippen LogP contribution in [0.3, 0.4) is 0 Å². The Bertz CT molecular complexity index is 1020. The summed E-state index contributed by atoms with van der Waals surface area (Å²) in [5, 5.41) is 20.4. The maximum atomic E-state index is 12.8. The molecule has 2 aromatic rings. The van der Waals surface area contributed by atoms with E-state index in [9.17, 15) is 19.7 Å². The van der Waals surface area contributed by atoms with E-state index in [2.05, 4.69) is 9.80 Å². The van der Waals surface area contributed by atoms with E-state index in [0.29, 0.717) is 36.3 Å². The minimum atomic E-state index is -0.488. The van der Waals surface area contributed by atoms with Crippen molar-refractivity contribution in [2.75, 3.05) is 44.2 Å². The van der Waals surface area contributed by atoms with Crippen molar-refractivity contribution in [3.05, 3.63) is 74.8 Å². The monoisotopic (exact) mass is 407 g/mol. The lowest BCUT2D eigenvalue weighted by Gasteiger charge is -2.36. The number of nitro groups is 1. The molecule has 2 aromatic carbocycles. The van der Waals surface area contributed by atoms with Gasteiger partial charge in [-0.05, 0) is 12.1 Å². The summed E-state index contributed by atoms with van der Waals surface area (Å²) in [5.74, 6) is -0.721. The van der Waals surface area contributed by atoms with Crippen LogP contribution in [0.1, 0.15) is 26.3 Å². The second-order valence-corrected chi connectivity index (χ2v) is 7.31. The van der Waals surface area contributed by atoms with Crippen molar-refractivity contribution in [3.63, 3.8) is 0 Å². The molecule has 4 rings (SSSR count). The van der Waals surface area contributed by atoms with E-state index in [-0.39, 0.29) is 29.4 Å². The molecule has 1 saturated heterocycles. The van der Waals surface area contributed by atoms with Gasteiger partial charge in [0, 0.05) is 67.2 Å². The Morgan fingerprint density at radius 2 is 1.63 bits per heavy atom. The van der Waals surface area contributed by atoms with Crippen LogP contribution in [0.4, 0.5) is 11.4 Å². The molecule has 8 nitrogen and oxygen atoms in total. The van der Waals surface area contributed by atoms with Gasteiger partial charge in [-0.1, -0.05) is 24.3 Å². The standard InChI is InChI=1S/C22H21N3O5/c26-12-11-23-7-9-24(10-8-23)20-6-5-16(25(29)30)13-15(20)14-19-21(27)17-3-1-2-4-18(17)22(19)28/h1-6,13-14,26H,7-12H2. The van der Waals surface area contributed by atoms with Crippen LogP contribution in [0.25, 0.3) is 6.08 Å². The Balaban J connectivity index is 1.71. The van der Waals surface area contributed by atoms with Gasteiger partial charge < -0.3 is 10.0 Å². The van der Waals surface area contributed by atoms with E-state index in [4.69, 9.17) is 5.11 Å². The molecule has 2 aliphatic rings. The van der Waals surface area contributed by atoms with E-state index in [1.165, 1.54) is 18.2 Å². The first-order chi connectivity index (χ1) is 14.5. The first kappa shape index (κ1) is 19.9. The number of carbonyl (C=O) groups is 2. The number of ketones is 2. The highest BCUT2D eigenvalue weighted by Crippen LogP contribution is 2.32. The number of fused-ring (bicyclic) bond motifs is 1. The van der Waals surface area contributed by atoms with Gasteiger partial charge in [0.1, 0.15) is 0 Å². The maximum absolute atomic E-state index is 12.8. The fourth-order valence-electron chi connectivity index (χ4n) is 3.97. The topological polar surface area (TPSA) is 104 Å². The predicted octanol–water partition coefficient (Wildman–Crippen LogP) is 2.17. The van der Waals surface area contributed by atoms with Gasteiger partial charge in [-0.3, -0.25) is 24.6 Å². The van der Waals surface area contributed by atoms with E-state index < -0.39 is 4.92 Å². The third kappa shape index (κ3) is 3.62. The van der Waals surface area contributed by atoms with Gasteiger partial charge in [0.25, 0.3) is 5.69 Å². The molecule has 1 heterocycles. The number of carbonyl (C=O) groups excluding carboxylic acids is 2. The highest BCUT2D eigenvalue weighted by atomic mass is 16.6. The summed E-state index contributed by atoms with van der Waals surface area (Å²) in [6.45, 7) is 3.55. The number of rotatable bonds is 5. The first-order valence-electron chi connectivity index (χ1n) is 9.76. The number of hydrogen-bond donors (Lipinski definition) is 1. The molecule has 8 heteroatoms. The molecule has 0 amide bonds. The number of β-amino-alcohol motifs (C(OH)–C–C–N with tert-alkyl or cyclic N) is 1. The van der Waals surface area contributed by atoms with Gasteiger partial charge in [-0.25, -0.2) is 0 Å². The number of benzene rings is 2. The van der Waals surface area contributed by atoms with Gasteiger partial charge in [-0.15, -0.1) is 0 Å². The highest BCUT2D eigenvalue weighted by Gasteiger charge is 2.33. The molecule has 0 radical (unpaired) electrons. The maximum Gasteiger partial charge on any atom is 0.270 e. The van der Waals surface area contributed by atoms with Crippen LogP contribution in [-0.2, 0) is 0 Å². The normalized spacial score (nSPS) is 16.7. The molecule has 0 atom stereocenters. The van der Waals surface area contributed by atoms with Crippen LogP contribution >= 0.6 is 0 Å². The Labute approximate surface area is 173 Å². The van der Waals surface area contributed by atoms with Crippen molar-refractivity contribution >= 4 is 29.0 Å². The zero-order valence-electron chi connectivity index (χ0n) is 16.3. The summed E-state index contributed by atoms with van der Waals surface area (Å²) in [4.78, 5) is 40.6. The van der Waals surface area contributed by atoms with Gasteiger partial charge in [0.05, 0.1) is 17.1 Å². The number of allylic oxidation sites excluding steroid dienone is 1. The molecule has 154 valence electrons. The molecular formula is C22H21N3O5. The number of anilines is 1. The van der Waals surface area contributed by atoms with Crippen molar-refractivity contribution in [2.24, 2.45) is 0 Å². The Morgan fingerprint density at radius 3 is 2.20 bits per heavy atom. The lowest BCUT2D eigenvalue weighted by atomic mass is 10.0. The largest absolute Gasteiger partial charge is 0.395 e. The highest BCUT2D eigenvalue weighted by molar-refractivity contribution is 6.41. The van der Waals surface area contributed by atoms with Crippen molar-refractivity contribution in [1.29, 1.82) is 0 Å². The number of non-ortho nitro benzene ring substituents is 1. The fraction of sp³-hybridized carbons (Fsp3) is 0.273. The van der Waals surface area contributed by atoms with Crippen LogP contribution in [0.5, 0.6) is 0 Å². The molecular weight excluding hydrogens is 386 g/mol. The van der Waals surface area contributed by atoms with Gasteiger partial charge in [-0.2, -0.15) is 0 Å². The summed E-state index contributed by atoms with van der Waals surface area (Å²) in [7, 11) is 0. The van der Waals surface area contributed by atoms with E-state index in [1.807, 2.05) is 0 Å². The summed E-state index contributed by atoms with van der Waals surface area (Å²) in [6, 6.07) is 11.2. The number of hydrogen-bond acceptors (Lipinski definition) is 7. The Hall–Kier alpha value is -3.36. The van der Waals surface area contributed by atoms with Gasteiger partial charge >= 0.3 is 0 Å². The second-order valence-electron chi connectivity index (χ2n) is 7.31. The molecule has 1 N–H and O–H groups in total. The summed E-state index contributed by atoms with van der Waals surface area (Å²) < 4.78 is 0. The number of aliphatic hydroxyl groups is 1. The predicted molar refractivity (Wildman–Crippen MR) is 112 cm³/mol. The lowest BCUT2D eigenvalue weighted by Crippen LogP contribution is -2.47.